The highest BCUT2D eigenvalue weighted by molar-refractivity contribution is 5.41. The fraction of sp³-hybridized carbons (Fsp3) is 0.571. The van der Waals surface area contributed by atoms with Gasteiger partial charge >= 0.3 is 0 Å². The molecule has 1 aliphatic heterocycles. The van der Waals surface area contributed by atoms with E-state index in [1.54, 1.807) is 0 Å². The molecule has 2 N–H and O–H groups in total. The van der Waals surface area contributed by atoms with Gasteiger partial charge in [-0.15, -0.1) is 10.2 Å². The topological polar surface area (TPSA) is 59.5 Å². The molecule has 1 unspecified atom stereocenters. The molecule has 1 aliphatic rings. The molecule has 1 fully saturated rings. The van der Waals surface area contributed by atoms with E-state index in [2.05, 4.69) is 38.7 Å². The maximum atomic E-state index is 5.67. The number of rotatable bonds is 3. The molecule has 19 heavy (non-hydrogen) atoms. The van der Waals surface area contributed by atoms with E-state index in [0.29, 0.717) is 12.6 Å². The van der Waals surface area contributed by atoms with Gasteiger partial charge in [-0.3, -0.25) is 9.30 Å². The van der Waals surface area contributed by atoms with Gasteiger partial charge in [0.1, 0.15) is 0 Å². The summed E-state index contributed by atoms with van der Waals surface area (Å²) in [6.45, 7) is 4.99. The molecule has 0 radical (unpaired) electrons. The van der Waals surface area contributed by atoms with Crippen molar-refractivity contribution in [1.82, 2.24) is 19.5 Å². The lowest BCUT2D eigenvalue weighted by atomic mass is 10.0. The lowest BCUT2D eigenvalue weighted by Crippen LogP contribution is -2.34. The van der Waals surface area contributed by atoms with E-state index in [0.717, 1.165) is 30.1 Å². The van der Waals surface area contributed by atoms with Crippen LogP contribution in [0, 0.1) is 0 Å². The molecule has 5 heteroatoms. The second-order valence-corrected chi connectivity index (χ2v) is 5.17. The molecular weight excluding hydrogens is 238 g/mol. The van der Waals surface area contributed by atoms with Crippen LogP contribution in [0.1, 0.15) is 43.6 Å². The maximum Gasteiger partial charge on any atom is 0.161 e. The summed E-state index contributed by atoms with van der Waals surface area (Å²) >= 11 is 0. The van der Waals surface area contributed by atoms with Crippen molar-refractivity contribution in [2.24, 2.45) is 5.73 Å². The second kappa shape index (κ2) is 5.27. The molecule has 1 saturated heterocycles. The molecule has 2 aromatic rings. The summed E-state index contributed by atoms with van der Waals surface area (Å²) in [5.41, 5.74) is 7.67. The normalized spacial score (nSPS) is 21.1. The molecule has 3 rings (SSSR count). The summed E-state index contributed by atoms with van der Waals surface area (Å²) in [7, 11) is 0. The Balaban J connectivity index is 1.99. The molecule has 0 spiro atoms. The largest absolute Gasteiger partial charge is 0.326 e. The average Bonchev–Trinajstić information content (AvgIpc) is 2.89. The van der Waals surface area contributed by atoms with Gasteiger partial charge in [-0.1, -0.05) is 13.3 Å². The summed E-state index contributed by atoms with van der Waals surface area (Å²) in [5, 5.41) is 8.73. The predicted octanol–water partition coefficient (Wildman–Crippen LogP) is 1.73. The third-order valence-electron chi connectivity index (χ3n) is 4.05. The van der Waals surface area contributed by atoms with Crippen LogP contribution in [0.2, 0.25) is 0 Å². The summed E-state index contributed by atoms with van der Waals surface area (Å²) in [5.74, 6) is 1.07. The molecule has 102 valence electrons. The number of piperidine rings is 1. The minimum Gasteiger partial charge on any atom is -0.326 e. The standard InChI is InChI=1S/C14H21N5/c1-2-18-7-4-3-5-12(18)14-17-16-13-9-11(10-15)6-8-19(13)14/h6,8-9,12H,2-5,7,10,15H2,1H3. The van der Waals surface area contributed by atoms with Crippen molar-refractivity contribution in [3.8, 4) is 0 Å². The van der Waals surface area contributed by atoms with Gasteiger partial charge < -0.3 is 5.73 Å². The Labute approximate surface area is 113 Å². The van der Waals surface area contributed by atoms with Gasteiger partial charge in [-0.25, -0.2) is 0 Å². The summed E-state index contributed by atoms with van der Waals surface area (Å²) in [6, 6.07) is 4.48. The first-order valence-corrected chi connectivity index (χ1v) is 7.11. The molecule has 0 amide bonds. The maximum absolute atomic E-state index is 5.67. The van der Waals surface area contributed by atoms with Crippen molar-refractivity contribution in [3.63, 3.8) is 0 Å². The van der Waals surface area contributed by atoms with Crippen molar-refractivity contribution in [1.29, 1.82) is 0 Å². The van der Waals surface area contributed by atoms with Gasteiger partial charge in [-0.05, 0) is 43.6 Å². The molecular formula is C14H21N5. The van der Waals surface area contributed by atoms with Gasteiger partial charge in [0.15, 0.2) is 11.5 Å². The highest BCUT2D eigenvalue weighted by atomic mass is 15.3. The van der Waals surface area contributed by atoms with Gasteiger partial charge in [0.05, 0.1) is 6.04 Å². The van der Waals surface area contributed by atoms with Crippen LogP contribution < -0.4 is 5.73 Å². The number of nitrogens with two attached hydrogens (primary N) is 1. The Morgan fingerprint density at radius 2 is 2.26 bits per heavy atom. The van der Waals surface area contributed by atoms with Gasteiger partial charge in [0.2, 0.25) is 0 Å². The van der Waals surface area contributed by atoms with Gasteiger partial charge in [-0.2, -0.15) is 0 Å². The van der Waals surface area contributed by atoms with Crippen LogP contribution in [0.25, 0.3) is 5.65 Å². The van der Waals surface area contributed by atoms with E-state index >= 15 is 0 Å². The van der Waals surface area contributed by atoms with Crippen LogP contribution in [-0.4, -0.2) is 32.6 Å². The zero-order valence-electron chi connectivity index (χ0n) is 11.4. The van der Waals surface area contributed by atoms with Crippen LogP contribution in [0.5, 0.6) is 0 Å². The van der Waals surface area contributed by atoms with Crippen molar-refractivity contribution in [2.45, 2.75) is 38.8 Å². The molecule has 0 saturated carbocycles. The minimum atomic E-state index is 0.400. The Morgan fingerprint density at radius 1 is 1.37 bits per heavy atom. The summed E-state index contributed by atoms with van der Waals surface area (Å²) in [6.07, 6.45) is 5.79. The van der Waals surface area contributed by atoms with Crippen molar-refractivity contribution in [2.75, 3.05) is 13.1 Å². The van der Waals surface area contributed by atoms with E-state index < -0.39 is 0 Å². The summed E-state index contributed by atoms with van der Waals surface area (Å²) < 4.78 is 2.11. The number of nitrogens with zero attached hydrogens (tertiary/aromatic N) is 4. The van der Waals surface area contributed by atoms with Crippen molar-refractivity contribution < 1.29 is 0 Å². The fourth-order valence-electron chi connectivity index (χ4n) is 2.97. The Kier molecular flexibility index (Phi) is 3.48. The zero-order chi connectivity index (χ0) is 13.2. The van der Waals surface area contributed by atoms with Crippen LogP contribution in [-0.2, 0) is 6.54 Å². The van der Waals surface area contributed by atoms with E-state index in [1.807, 2.05) is 6.07 Å². The van der Waals surface area contributed by atoms with Gasteiger partial charge in [0, 0.05) is 12.7 Å². The molecule has 0 aliphatic carbocycles. The number of aromatic nitrogens is 3. The van der Waals surface area contributed by atoms with E-state index in [1.165, 1.54) is 19.3 Å². The average molecular weight is 259 g/mol. The molecule has 1 atom stereocenters. The smallest absolute Gasteiger partial charge is 0.161 e. The number of hydrogen-bond donors (Lipinski definition) is 1. The molecule has 0 bridgehead atoms. The van der Waals surface area contributed by atoms with Crippen LogP contribution >= 0.6 is 0 Å². The number of pyridine rings is 1. The number of fused-ring (bicyclic) bond motifs is 1. The third-order valence-corrected chi connectivity index (χ3v) is 4.05. The first kappa shape index (κ1) is 12.6. The van der Waals surface area contributed by atoms with E-state index in [9.17, 15) is 0 Å². The SMILES string of the molecule is CCN1CCCCC1c1nnc2cc(CN)ccn12. The predicted molar refractivity (Wildman–Crippen MR) is 74.7 cm³/mol. The highest BCUT2D eigenvalue weighted by Gasteiger charge is 2.26. The Morgan fingerprint density at radius 3 is 3.05 bits per heavy atom. The van der Waals surface area contributed by atoms with Gasteiger partial charge in [0.25, 0.3) is 0 Å². The molecule has 2 aromatic heterocycles. The van der Waals surface area contributed by atoms with Crippen LogP contribution in [0.4, 0.5) is 0 Å². The van der Waals surface area contributed by atoms with Crippen molar-refractivity contribution >= 4 is 5.65 Å². The zero-order valence-corrected chi connectivity index (χ0v) is 11.4. The monoisotopic (exact) mass is 259 g/mol. The third kappa shape index (κ3) is 2.24. The fourth-order valence-corrected chi connectivity index (χ4v) is 2.97. The first-order valence-electron chi connectivity index (χ1n) is 7.11. The van der Waals surface area contributed by atoms with E-state index in [-0.39, 0.29) is 0 Å². The van der Waals surface area contributed by atoms with Crippen molar-refractivity contribution in [3.05, 3.63) is 29.7 Å². The van der Waals surface area contributed by atoms with Crippen LogP contribution in [0.3, 0.4) is 0 Å². The molecule has 5 nitrogen and oxygen atoms in total. The summed E-state index contributed by atoms with van der Waals surface area (Å²) in [4.78, 5) is 2.50. The number of hydrogen-bond acceptors (Lipinski definition) is 4. The molecule has 0 aromatic carbocycles. The quantitative estimate of drug-likeness (QED) is 0.912. The van der Waals surface area contributed by atoms with E-state index in [4.69, 9.17) is 5.73 Å². The highest BCUT2D eigenvalue weighted by Crippen LogP contribution is 2.29. The Bertz CT molecular complexity index is 562. The van der Waals surface area contributed by atoms with Crippen LogP contribution in [0.15, 0.2) is 18.3 Å². The minimum absolute atomic E-state index is 0.400. The molecule has 3 heterocycles. The lowest BCUT2D eigenvalue weighted by molar-refractivity contribution is 0.149. The first-order chi connectivity index (χ1) is 9.33. The number of likely N-dealkylation sites (tertiary alicyclic amines) is 1. The second-order valence-electron chi connectivity index (χ2n) is 5.17. The lowest BCUT2D eigenvalue weighted by Gasteiger charge is -2.33. The Hall–Kier alpha value is -1.46.